The fourth-order valence-corrected chi connectivity index (χ4v) is 2.85. The number of amides is 1. The average Bonchev–Trinajstić information content (AvgIpc) is 2.70. The summed E-state index contributed by atoms with van der Waals surface area (Å²) in [5, 5.41) is 3.01. The molecule has 14 heavy (non-hydrogen) atoms. The number of rotatable bonds is 2. The van der Waals surface area contributed by atoms with Gasteiger partial charge in [-0.3, -0.25) is 4.79 Å². The van der Waals surface area contributed by atoms with Gasteiger partial charge in [0.1, 0.15) is 0 Å². The molecule has 0 aromatic rings. The Morgan fingerprint density at radius 2 is 1.93 bits per heavy atom. The Bertz CT molecular complexity index is 261. The molecular formula is C12H19NO. The Kier molecular flexibility index (Phi) is 2.90. The van der Waals surface area contributed by atoms with E-state index in [1.165, 1.54) is 44.2 Å². The van der Waals surface area contributed by atoms with E-state index in [1.807, 2.05) is 0 Å². The van der Waals surface area contributed by atoms with E-state index in [0.29, 0.717) is 0 Å². The molecule has 1 N–H and O–H groups in total. The summed E-state index contributed by atoms with van der Waals surface area (Å²) in [6, 6.07) is 0. The molecule has 78 valence electrons. The molecular weight excluding hydrogens is 174 g/mol. The topological polar surface area (TPSA) is 29.1 Å². The van der Waals surface area contributed by atoms with E-state index < -0.39 is 0 Å². The van der Waals surface area contributed by atoms with Gasteiger partial charge in [0.2, 0.25) is 5.91 Å². The predicted octanol–water partition coefficient (Wildman–Crippen LogP) is 2.75. The largest absolute Gasteiger partial charge is 0.330 e. The van der Waals surface area contributed by atoms with Crippen molar-refractivity contribution in [1.29, 1.82) is 0 Å². The third-order valence-corrected chi connectivity index (χ3v) is 3.44. The van der Waals surface area contributed by atoms with Crippen LogP contribution in [0, 0.1) is 5.92 Å². The summed E-state index contributed by atoms with van der Waals surface area (Å²) >= 11 is 0. The summed E-state index contributed by atoms with van der Waals surface area (Å²) < 4.78 is 0. The molecule has 2 aliphatic rings. The van der Waals surface area contributed by atoms with Crippen LogP contribution >= 0.6 is 0 Å². The minimum atomic E-state index is 0.0948. The third-order valence-electron chi connectivity index (χ3n) is 3.44. The molecule has 0 unspecified atom stereocenters. The Labute approximate surface area is 85.8 Å². The first-order valence-corrected chi connectivity index (χ1v) is 5.77. The molecule has 0 radical (unpaired) electrons. The SMILES string of the molecule is CC(=O)NC1=C(C2CCCC2)CCC1. The normalized spacial score (nSPS) is 23.2. The van der Waals surface area contributed by atoms with Gasteiger partial charge in [-0.15, -0.1) is 0 Å². The first-order valence-electron chi connectivity index (χ1n) is 5.77. The van der Waals surface area contributed by atoms with E-state index in [4.69, 9.17) is 0 Å². The standard InChI is InChI=1S/C12H19NO/c1-9(14)13-12-8-4-7-11(12)10-5-2-3-6-10/h10H,2-8H2,1H3,(H,13,14). The van der Waals surface area contributed by atoms with E-state index in [9.17, 15) is 4.79 Å². The van der Waals surface area contributed by atoms with Crippen LogP contribution in [0.15, 0.2) is 11.3 Å². The maximum absolute atomic E-state index is 11.0. The van der Waals surface area contributed by atoms with Crippen LogP contribution in [-0.2, 0) is 4.79 Å². The Morgan fingerprint density at radius 1 is 1.21 bits per heavy atom. The van der Waals surface area contributed by atoms with Crippen LogP contribution in [0.4, 0.5) is 0 Å². The first-order chi connectivity index (χ1) is 6.77. The highest BCUT2D eigenvalue weighted by molar-refractivity contribution is 5.75. The van der Waals surface area contributed by atoms with E-state index in [0.717, 1.165) is 12.3 Å². The Hall–Kier alpha value is -0.790. The fourth-order valence-electron chi connectivity index (χ4n) is 2.85. The molecule has 0 bridgehead atoms. The summed E-state index contributed by atoms with van der Waals surface area (Å²) in [4.78, 5) is 11.0. The molecule has 2 heteroatoms. The smallest absolute Gasteiger partial charge is 0.220 e. The van der Waals surface area contributed by atoms with Gasteiger partial charge >= 0.3 is 0 Å². The van der Waals surface area contributed by atoms with Gasteiger partial charge in [-0.05, 0) is 43.6 Å². The van der Waals surface area contributed by atoms with Crippen LogP contribution in [-0.4, -0.2) is 5.91 Å². The summed E-state index contributed by atoms with van der Waals surface area (Å²) in [6.45, 7) is 1.61. The van der Waals surface area contributed by atoms with Gasteiger partial charge in [-0.25, -0.2) is 0 Å². The number of carbonyl (C=O) groups excluding carboxylic acids is 1. The zero-order valence-corrected chi connectivity index (χ0v) is 8.94. The van der Waals surface area contributed by atoms with Gasteiger partial charge in [-0.1, -0.05) is 12.8 Å². The van der Waals surface area contributed by atoms with Crippen molar-refractivity contribution in [2.24, 2.45) is 5.92 Å². The van der Waals surface area contributed by atoms with E-state index in [-0.39, 0.29) is 5.91 Å². The monoisotopic (exact) mass is 193 g/mol. The van der Waals surface area contributed by atoms with Crippen molar-refractivity contribution in [3.8, 4) is 0 Å². The van der Waals surface area contributed by atoms with Gasteiger partial charge in [0.05, 0.1) is 0 Å². The van der Waals surface area contributed by atoms with Gasteiger partial charge in [0, 0.05) is 12.6 Å². The molecule has 1 amide bonds. The molecule has 2 rings (SSSR count). The molecule has 0 atom stereocenters. The van der Waals surface area contributed by atoms with Crippen LogP contribution in [0.2, 0.25) is 0 Å². The molecule has 2 nitrogen and oxygen atoms in total. The molecule has 0 saturated heterocycles. The van der Waals surface area contributed by atoms with E-state index >= 15 is 0 Å². The molecule has 2 aliphatic carbocycles. The number of hydrogen-bond acceptors (Lipinski definition) is 1. The van der Waals surface area contributed by atoms with Crippen LogP contribution in [0.3, 0.4) is 0 Å². The lowest BCUT2D eigenvalue weighted by Crippen LogP contribution is -2.20. The van der Waals surface area contributed by atoms with Gasteiger partial charge in [-0.2, -0.15) is 0 Å². The number of hydrogen-bond donors (Lipinski definition) is 1. The molecule has 0 aromatic heterocycles. The zero-order chi connectivity index (χ0) is 9.97. The van der Waals surface area contributed by atoms with Crippen molar-refractivity contribution in [3.05, 3.63) is 11.3 Å². The molecule has 0 aromatic carbocycles. The minimum Gasteiger partial charge on any atom is -0.330 e. The maximum atomic E-state index is 11.0. The minimum absolute atomic E-state index is 0.0948. The third kappa shape index (κ3) is 1.99. The summed E-state index contributed by atoms with van der Waals surface area (Å²) in [6.07, 6.45) is 8.99. The number of nitrogens with one attached hydrogen (secondary N) is 1. The second-order valence-electron chi connectivity index (χ2n) is 4.52. The van der Waals surface area contributed by atoms with Crippen LogP contribution in [0.1, 0.15) is 51.9 Å². The van der Waals surface area contributed by atoms with Gasteiger partial charge in [0.25, 0.3) is 0 Å². The first kappa shape index (κ1) is 9.75. The lowest BCUT2D eigenvalue weighted by Gasteiger charge is -2.14. The highest BCUT2D eigenvalue weighted by atomic mass is 16.1. The second-order valence-corrected chi connectivity index (χ2v) is 4.52. The molecule has 0 aliphatic heterocycles. The van der Waals surface area contributed by atoms with E-state index in [2.05, 4.69) is 5.32 Å². The van der Waals surface area contributed by atoms with E-state index in [1.54, 1.807) is 12.5 Å². The Balaban J connectivity index is 2.08. The lowest BCUT2D eigenvalue weighted by molar-refractivity contribution is -0.118. The zero-order valence-electron chi connectivity index (χ0n) is 8.94. The number of allylic oxidation sites excluding steroid dienone is 2. The second kappa shape index (κ2) is 4.16. The highest BCUT2D eigenvalue weighted by Crippen LogP contribution is 2.38. The molecule has 0 heterocycles. The van der Waals surface area contributed by atoms with Crippen molar-refractivity contribution in [3.63, 3.8) is 0 Å². The number of carbonyl (C=O) groups is 1. The van der Waals surface area contributed by atoms with Crippen LogP contribution < -0.4 is 5.32 Å². The van der Waals surface area contributed by atoms with Crippen molar-refractivity contribution in [1.82, 2.24) is 5.32 Å². The van der Waals surface area contributed by atoms with Crippen molar-refractivity contribution < 1.29 is 4.79 Å². The quantitative estimate of drug-likeness (QED) is 0.717. The van der Waals surface area contributed by atoms with Crippen LogP contribution in [0.25, 0.3) is 0 Å². The van der Waals surface area contributed by atoms with Crippen LogP contribution in [0.5, 0.6) is 0 Å². The van der Waals surface area contributed by atoms with Gasteiger partial charge in [0.15, 0.2) is 0 Å². The predicted molar refractivity (Wildman–Crippen MR) is 56.7 cm³/mol. The fraction of sp³-hybridized carbons (Fsp3) is 0.750. The Morgan fingerprint density at radius 3 is 2.57 bits per heavy atom. The molecule has 1 fully saturated rings. The van der Waals surface area contributed by atoms with Crippen molar-refractivity contribution in [2.45, 2.75) is 51.9 Å². The van der Waals surface area contributed by atoms with Crippen molar-refractivity contribution >= 4 is 5.91 Å². The lowest BCUT2D eigenvalue weighted by atomic mass is 9.96. The maximum Gasteiger partial charge on any atom is 0.220 e. The summed E-state index contributed by atoms with van der Waals surface area (Å²) in [7, 11) is 0. The highest BCUT2D eigenvalue weighted by Gasteiger charge is 2.25. The average molecular weight is 193 g/mol. The molecule has 1 saturated carbocycles. The summed E-state index contributed by atoms with van der Waals surface area (Å²) in [5.74, 6) is 0.886. The van der Waals surface area contributed by atoms with Crippen molar-refractivity contribution in [2.75, 3.05) is 0 Å². The van der Waals surface area contributed by atoms with Gasteiger partial charge < -0.3 is 5.32 Å². The summed E-state index contributed by atoms with van der Waals surface area (Å²) in [5.41, 5.74) is 2.82. The molecule has 0 spiro atoms.